The van der Waals surface area contributed by atoms with E-state index in [0.717, 1.165) is 12.3 Å². The molecule has 4 nitrogen and oxygen atoms in total. The zero-order chi connectivity index (χ0) is 13.2. The van der Waals surface area contributed by atoms with E-state index in [-0.39, 0.29) is 11.5 Å². The molecule has 0 amide bonds. The van der Waals surface area contributed by atoms with E-state index < -0.39 is 11.9 Å². The molecule has 0 aromatic carbocycles. The van der Waals surface area contributed by atoms with E-state index in [2.05, 4.69) is 9.97 Å². The normalized spacial score (nSPS) is 11.3. The highest BCUT2D eigenvalue weighted by Crippen LogP contribution is 2.31. The van der Waals surface area contributed by atoms with Gasteiger partial charge in [0.1, 0.15) is 17.2 Å². The van der Waals surface area contributed by atoms with Crippen LogP contribution in [0, 0.1) is 0 Å². The molecule has 2 heterocycles. The Balaban J connectivity index is 2.25. The first-order valence-corrected chi connectivity index (χ1v) is 4.87. The molecule has 18 heavy (non-hydrogen) atoms. The zero-order valence-electron chi connectivity index (χ0n) is 8.98. The third-order valence-corrected chi connectivity index (χ3v) is 1.99. The van der Waals surface area contributed by atoms with Gasteiger partial charge in [0.2, 0.25) is 0 Å². The first kappa shape index (κ1) is 12.2. The maximum Gasteiger partial charge on any atom is 0.433 e. The molecule has 0 spiro atoms. The van der Waals surface area contributed by atoms with Crippen LogP contribution in [0.4, 0.5) is 18.9 Å². The van der Waals surface area contributed by atoms with Gasteiger partial charge in [0.25, 0.3) is 0 Å². The van der Waals surface area contributed by atoms with Gasteiger partial charge in [-0.1, -0.05) is 0 Å². The van der Waals surface area contributed by atoms with Crippen LogP contribution in [0.5, 0.6) is 11.5 Å². The Bertz CT molecular complexity index is 557. The molecule has 0 aliphatic heterocycles. The van der Waals surface area contributed by atoms with E-state index in [1.54, 1.807) is 0 Å². The quantitative estimate of drug-likeness (QED) is 0.896. The lowest BCUT2D eigenvalue weighted by molar-refractivity contribution is -0.141. The minimum Gasteiger partial charge on any atom is -0.456 e. The average Bonchev–Trinajstić information content (AvgIpc) is 2.28. The lowest BCUT2D eigenvalue weighted by Crippen LogP contribution is -2.07. The van der Waals surface area contributed by atoms with Gasteiger partial charge in [-0.15, -0.1) is 0 Å². The highest BCUT2D eigenvalue weighted by molar-refractivity contribution is 5.41. The average molecular weight is 255 g/mol. The molecule has 0 unspecified atom stereocenters. The highest BCUT2D eigenvalue weighted by Gasteiger charge is 2.32. The minimum absolute atomic E-state index is 0.0183. The van der Waals surface area contributed by atoms with Crippen LogP contribution < -0.4 is 10.5 Å². The summed E-state index contributed by atoms with van der Waals surface area (Å²) in [5, 5.41) is 0. The van der Waals surface area contributed by atoms with Crippen molar-refractivity contribution in [2.75, 3.05) is 5.73 Å². The summed E-state index contributed by atoms with van der Waals surface area (Å²) in [6.45, 7) is 0. The van der Waals surface area contributed by atoms with Gasteiger partial charge in [-0.2, -0.15) is 13.2 Å². The van der Waals surface area contributed by atoms with Crippen LogP contribution in [0.2, 0.25) is 0 Å². The van der Waals surface area contributed by atoms with Crippen molar-refractivity contribution in [2.45, 2.75) is 6.18 Å². The highest BCUT2D eigenvalue weighted by atomic mass is 19.4. The molecule has 0 aliphatic carbocycles. The number of aromatic nitrogens is 2. The van der Waals surface area contributed by atoms with Crippen molar-refractivity contribution in [3.8, 4) is 11.5 Å². The first-order chi connectivity index (χ1) is 8.45. The summed E-state index contributed by atoms with van der Waals surface area (Å²) >= 11 is 0. The second-order valence-corrected chi connectivity index (χ2v) is 3.43. The molecule has 7 heteroatoms. The monoisotopic (exact) mass is 255 g/mol. The van der Waals surface area contributed by atoms with Crippen LogP contribution in [0.15, 0.2) is 36.8 Å². The maximum atomic E-state index is 12.4. The third kappa shape index (κ3) is 2.88. The van der Waals surface area contributed by atoms with Crippen LogP contribution in [-0.2, 0) is 6.18 Å². The summed E-state index contributed by atoms with van der Waals surface area (Å²) in [7, 11) is 0. The largest absolute Gasteiger partial charge is 0.456 e. The lowest BCUT2D eigenvalue weighted by atomic mass is 10.3. The van der Waals surface area contributed by atoms with Crippen LogP contribution in [0.25, 0.3) is 0 Å². The molecule has 0 bridgehead atoms. The zero-order valence-corrected chi connectivity index (χ0v) is 8.98. The number of halogens is 3. The Morgan fingerprint density at radius 2 is 1.89 bits per heavy atom. The van der Waals surface area contributed by atoms with E-state index in [1.165, 1.54) is 24.5 Å². The van der Waals surface area contributed by atoms with Crippen LogP contribution in [0.1, 0.15) is 5.69 Å². The molecule has 0 saturated carbocycles. The number of hydrogen-bond acceptors (Lipinski definition) is 4. The van der Waals surface area contributed by atoms with Crippen molar-refractivity contribution >= 4 is 5.69 Å². The molecule has 94 valence electrons. The smallest absolute Gasteiger partial charge is 0.433 e. The Morgan fingerprint density at radius 1 is 1.11 bits per heavy atom. The predicted molar refractivity (Wildman–Crippen MR) is 58.0 cm³/mol. The van der Waals surface area contributed by atoms with Gasteiger partial charge in [0, 0.05) is 18.3 Å². The molecular weight excluding hydrogens is 247 g/mol. The fourth-order valence-corrected chi connectivity index (χ4v) is 1.26. The topological polar surface area (TPSA) is 61.0 Å². The van der Waals surface area contributed by atoms with Crippen molar-refractivity contribution < 1.29 is 17.9 Å². The summed E-state index contributed by atoms with van der Waals surface area (Å²) in [5.41, 5.74) is 4.82. The number of anilines is 1. The Morgan fingerprint density at radius 3 is 2.56 bits per heavy atom. The van der Waals surface area contributed by atoms with Gasteiger partial charge < -0.3 is 10.5 Å². The van der Waals surface area contributed by atoms with E-state index in [9.17, 15) is 13.2 Å². The predicted octanol–water partition coefficient (Wildman–Crippen LogP) is 2.87. The summed E-state index contributed by atoms with van der Waals surface area (Å²) in [6, 6.07) is 3.59. The number of pyridine rings is 2. The molecule has 2 N–H and O–H groups in total. The molecule has 2 rings (SSSR count). The van der Waals surface area contributed by atoms with Crippen LogP contribution in [-0.4, -0.2) is 9.97 Å². The number of nitrogen functional groups attached to an aromatic ring is 1. The fraction of sp³-hybridized carbons (Fsp3) is 0.0909. The number of rotatable bonds is 2. The molecule has 0 atom stereocenters. The van der Waals surface area contributed by atoms with Crippen molar-refractivity contribution in [3.05, 3.63) is 42.5 Å². The number of ether oxygens (including phenoxy) is 1. The molecule has 0 radical (unpaired) electrons. The number of nitrogens with two attached hydrogens (primary N) is 1. The van der Waals surface area contributed by atoms with Crippen LogP contribution >= 0.6 is 0 Å². The lowest BCUT2D eigenvalue weighted by Gasteiger charge is -2.09. The van der Waals surface area contributed by atoms with E-state index >= 15 is 0 Å². The van der Waals surface area contributed by atoms with Crippen LogP contribution in [0.3, 0.4) is 0 Å². The second kappa shape index (κ2) is 4.52. The molecule has 0 aliphatic rings. The fourth-order valence-electron chi connectivity index (χ4n) is 1.26. The van der Waals surface area contributed by atoms with Gasteiger partial charge >= 0.3 is 6.18 Å². The van der Waals surface area contributed by atoms with Crippen molar-refractivity contribution in [1.29, 1.82) is 0 Å². The molecule has 0 saturated heterocycles. The summed E-state index contributed by atoms with van der Waals surface area (Å²) in [4.78, 5) is 6.99. The molecule has 0 fully saturated rings. The number of nitrogens with zero attached hydrogens (tertiary/aromatic N) is 2. The minimum atomic E-state index is -4.51. The standard InChI is InChI=1S/C11H8F3N3O/c12-11(13,14)10-4-8(1-2-17-10)18-9-3-7(15)5-16-6-9/h1-6H,15H2. The summed E-state index contributed by atoms with van der Waals surface area (Å²) < 4.78 is 42.5. The van der Waals surface area contributed by atoms with Gasteiger partial charge in [0.15, 0.2) is 0 Å². The molecular formula is C11H8F3N3O. The third-order valence-electron chi connectivity index (χ3n) is 1.99. The number of alkyl halides is 3. The summed E-state index contributed by atoms with van der Waals surface area (Å²) in [5.74, 6) is 0.277. The van der Waals surface area contributed by atoms with Gasteiger partial charge in [-0.3, -0.25) is 9.97 Å². The van der Waals surface area contributed by atoms with Gasteiger partial charge in [0.05, 0.1) is 18.1 Å². The maximum absolute atomic E-state index is 12.4. The Labute approximate surface area is 100 Å². The van der Waals surface area contributed by atoms with Gasteiger partial charge in [-0.05, 0) is 6.07 Å². The summed E-state index contributed by atoms with van der Waals surface area (Å²) in [6.07, 6.45) is -0.726. The van der Waals surface area contributed by atoms with E-state index in [1.807, 2.05) is 0 Å². The first-order valence-electron chi connectivity index (χ1n) is 4.87. The second-order valence-electron chi connectivity index (χ2n) is 3.43. The van der Waals surface area contributed by atoms with Crippen molar-refractivity contribution in [3.63, 3.8) is 0 Å². The SMILES string of the molecule is Nc1cncc(Oc2ccnc(C(F)(F)F)c2)c1. The van der Waals surface area contributed by atoms with E-state index in [4.69, 9.17) is 10.5 Å². The van der Waals surface area contributed by atoms with Crippen molar-refractivity contribution in [2.24, 2.45) is 0 Å². The number of hydrogen-bond donors (Lipinski definition) is 1. The van der Waals surface area contributed by atoms with Crippen molar-refractivity contribution in [1.82, 2.24) is 9.97 Å². The van der Waals surface area contributed by atoms with Gasteiger partial charge in [-0.25, -0.2) is 0 Å². The Hall–Kier alpha value is -2.31. The molecule has 2 aromatic heterocycles. The molecule has 2 aromatic rings. The Kier molecular flexibility index (Phi) is 3.05. The van der Waals surface area contributed by atoms with E-state index in [0.29, 0.717) is 5.69 Å².